The maximum absolute atomic E-state index is 4.24. The summed E-state index contributed by atoms with van der Waals surface area (Å²) < 4.78 is 1.90. The molecule has 0 amide bonds. The van der Waals surface area contributed by atoms with Crippen molar-refractivity contribution in [2.24, 2.45) is 13.0 Å². The highest BCUT2D eigenvalue weighted by Gasteiger charge is 2.33. The van der Waals surface area contributed by atoms with Crippen molar-refractivity contribution in [2.45, 2.75) is 51.5 Å². The van der Waals surface area contributed by atoms with Gasteiger partial charge in [-0.25, -0.2) is 0 Å². The molecule has 1 saturated heterocycles. The van der Waals surface area contributed by atoms with Crippen LogP contribution in [0.5, 0.6) is 0 Å². The smallest absolute Gasteiger partial charge is 0.0521 e. The van der Waals surface area contributed by atoms with E-state index in [4.69, 9.17) is 0 Å². The molecule has 3 heteroatoms. The summed E-state index contributed by atoms with van der Waals surface area (Å²) in [6.07, 6.45) is 10.5. The Kier molecular flexibility index (Phi) is 3.87. The first-order chi connectivity index (χ1) is 8.10. The standard InChI is InChI=1S/C14H25N3/c1-12(2)9-14(6-4-8-15-14)7-5-13-10-16-17(3)11-13/h10-12,15H,4-9H2,1-3H3. The topological polar surface area (TPSA) is 29.9 Å². The molecule has 0 aliphatic carbocycles. The van der Waals surface area contributed by atoms with Gasteiger partial charge in [0.05, 0.1) is 6.20 Å². The Morgan fingerprint density at radius 3 is 2.88 bits per heavy atom. The second-order valence-electron chi connectivity index (χ2n) is 5.93. The van der Waals surface area contributed by atoms with Crippen molar-refractivity contribution in [3.05, 3.63) is 18.0 Å². The third-order valence-electron chi connectivity index (χ3n) is 3.78. The Morgan fingerprint density at radius 1 is 1.53 bits per heavy atom. The Balaban J connectivity index is 1.94. The normalized spacial score (nSPS) is 24.7. The molecule has 1 fully saturated rings. The molecule has 1 aliphatic heterocycles. The summed E-state index contributed by atoms with van der Waals surface area (Å²) in [4.78, 5) is 0. The molecule has 1 unspecified atom stereocenters. The fourth-order valence-electron chi connectivity index (χ4n) is 3.12. The minimum absolute atomic E-state index is 0.393. The van der Waals surface area contributed by atoms with Crippen LogP contribution >= 0.6 is 0 Å². The second kappa shape index (κ2) is 5.21. The second-order valence-corrected chi connectivity index (χ2v) is 5.93. The first-order valence-electron chi connectivity index (χ1n) is 6.82. The van der Waals surface area contributed by atoms with E-state index in [1.54, 1.807) is 0 Å². The molecule has 0 aromatic carbocycles. The van der Waals surface area contributed by atoms with Gasteiger partial charge in [-0.2, -0.15) is 5.10 Å². The molecule has 1 N–H and O–H groups in total. The minimum atomic E-state index is 0.393. The van der Waals surface area contributed by atoms with Crippen molar-refractivity contribution in [3.8, 4) is 0 Å². The van der Waals surface area contributed by atoms with Gasteiger partial charge in [-0.3, -0.25) is 4.68 Å². The quantitative estimate of drug-likeness (QED) is 0.850. The van der Waals surface area contributed by atoms with Crippen LogP contribution < -0.4 is 5.32 Å². The number of aryl methyl sites for hydroxylation is 2. The number of nitrogens with zero attached hydrogens (tertiary/aromatic N) is 2. The van der Waals surface area contributed by atoms with Crippen molar-refractivity contribution in [1.29, 1.82) is 0 Å². The van der Waals surface area contributed by atoms with Gasteiger partial charge in [-0.1, -0.05) is 13.8 Å². The van der Waals surface area contributed by atoms with Gasteiger partial charge >= 0.3 is 0 Å². The van der Waals surface area contributed by atoms with E-state index in [2.05, 4.69) is 30.5 Å². The first kappa shape index (κ1) is 12.6. The van der Waals surface area contributed by atoms with E-state index >= 15 is 0 Å². The zero-order chi connectivity index (χ0) is 12.3. The van der Waals surface area contributed by atoms with Gasteiger partial charge in [-0.15, -0.1) is 0 Å². The van der Waals surface area contributed by atoms with Crippen molar-refractivity contribution in [1.82, 2.24) is 15.1 Å². The molecule has 96 valence electrons. The van der Waals surface area contributed by atoms with E-state index in [1.165, 1.54) is 37.8 Å². The summed E-state index contributed by atoms with van der Waals surface area (Å²) >= 11 is 0. The van der Waals surface area contributed by atoms with Gasteiger partial charge in [-0.05, 0) is 50.1 Å². The highest BCUT2D eigenvalue weighted by atomic mass is 15.2. The summed E-state index contributed by atoms with van der Waals surface area (Å²) in [7, 11) is 1.99. The van der Waals surface area contributed by atoms with E-state index in [0.29, 0.717) is 5.54 Å². The van der Waals surface area contributed by atoms with Gasteiger partial charge in [0.15, 0.2) is 0 Å². The van der Waals surface area contributed by atoms with E-state index in [9.17, 15) is 0 Å². The highest BCUT2D eigenvalue weighted by molar-refractivity contribution is 5.06. The lowest BCUT2D eigenvalue weighted by Gasteiger charge is -2.31. The molecule has 0 spiro atoms. The van der Waals surface area contributed by atoms with Gasteiger partial charge in [0, 0.05) is 18.8 Å². The summed E-state index contributed by atoms with van der Waals surface area (Å²) in [6.45, 7) is 5.84. The van der Waals surface area contributed by atoms with Gasteiger partial charge < -0.3 is 5.32 Å². The average Bonchev–Trinajstić information content (AvgIpc) is 2.85. The predicted octanol–water partition coefficient (Wildman–Crippen LogP) is 2.52. The van der Waals surface area contributed by atoms with Crippen LogP contribution in [-0.2, 0) is 13.5 Å². The summed E-state index contributed by atoms with van der Waals surface area (Å²) in [5.74, 6) is 0.773. The number of hydrogen-bond donors (Lipinski definition) is 1. The van der Waals surface area contributed by atoms with Crippen LogP contribution in [0, 0.1) is 5.92 Å². The van der Waals surface area contributed by atoms with Crippen molar-refractivity contribution >= 4 is 0 Å². The maximum Gasteiger partial charge on any atom is 0.0521 e. The molecule has 1 atom stereocenters. The summed E-state index contributed by atoms with van der Waals surface area (Å²) in [5, 5.41) is 7.99. The van der Waals surface area contributed by atoms with E-state index in [0.717, 1.165) is 12.3 Å². The van der Waals surface area contributed by atoms with Crippen LogP contribution in [0.2, 0.25) is 0 Å². The number of hydrogen-bond acceptors (Lipinski definition) is 2. The van der Waals surface area contributed by atoms with Crippen LogP contribution in [0.1, 0.15) is 45.1 Å². The van der Waals surface area contributed by atoms with E-state index in [1.807, 2.05) is 17.9 Å². The molecular formula is C14H25N3. The molecule has 3 nitrogen and oxygen atoms in total. The Labute approximate surface area is 105 Å². The first-order valence-corrected chi connectivity index (χ1v) is 6.82. The number of nitrogens with one attached hydrogen (secondary N) is 1. The Morgan fingerprint density at radius 2 is 2.35 bits per heavy atom. The molecule has 0 bridgehead atoms. The number of aromatic nitrogens is 2. The molecule has 2 heterocycles. The highest BCUT2D eigenvalue weighted by Crippen LogP contribution is 2.31. The summed E-state index contributed by atoms with van der Waals surface area (Å²) in [6, 6.07) is 0. The molecular weight excluding hydrogens is 210 g/mol. The minimum Gasteiger partial charge on any atom is -0.311 e. The van der Waals surface area contributed by atoms with E-state index < -0.39 is 0 Å². The predicted molar refractivity (Wildman–Crippen MR) is 71.0 cm³/mol. The lowest BCUT2D eigenvalue weighted by Crippen LogP contribution is -2.41. The maximum atomic E-state index is 4.24. The van der Waals surface area contributed by atoms with E-state index in [-0.39, 0.29) is 0 Å². The Bertz CT molecular complexity index is 348. The fraction of sp³-hybridized carbons (Fsp3) is 0.786. The zero-order valence-electron chi connectivity index (χ0n) is 11.4. The average molecular weight is 235 g/mol. The SMILES string of the molecule is CC(C)CC1(CCc2cnn(C)c2)CCCN1. The monoisotopic (exact) mass is 235 g/mol. The van der Waals surface area contributed by atoms with Gasteiger partial charge in [0.1, 0.15) is 0 Å². The van der Waals surface area contributed by atoms with Crippen LogP contribution in [0.4, 0.5) is 0 Å². The molecule has 2 rings (SSSR count). The van der Waals surface area contributed by atoms with Crippen LogP contribution in [0.25, 0.3) is 0 Å². The van der Waals surface area contributed by atoms with Crippen molar-refractivity contribution in [3.63, 3.8) is 0 Å². The molecule has 17 heavy (non-hydrogen) atoms. The largest absolute Gasteiger partial charge is 0.311 e. The third-order valence-corrected chi connectivity index (χ3v) is 3.78. The van der Waals surface area contributed by atoms with Crippen LogP contribution in [-0.4, -0.2) is 21.9 Å². The van der Waals surface area contributed by atoms with Crippen LogP contribution in [0.3, 0.4) is 0 Å². The number of rotatable bonds is 5. The molecule has 0 saturated carbocycles. The molecule has 0 radical (unpaired) electrons. The Hall–Kier alpha value is -0.830. The molecule has 1 aliphatic rings. The van der Waals surface area contributed by atoms with Crippen LogP contribution in [0.15, 0.2) is 12.4 Å². The zero-order valence-corrected chi connectivity index (χ0v) is 11.4. The fourth-order valence-corrected chi connectivity index (χ4v) is 3.12. The lowest BCUT2D eigenvalue weighted by atomic mass is 9.83. The molecule has 1 aromatic heterocycles. The van der Waals surface area contributed by atoms with Gasteiger partial charge in [0.25, 0.3) is 0 Å². The third kappa shape index (κ3) is 3.32. The van der Waals surface area contributed by atoms with Gasteiger partial charge in [0.2, 0.25) is 0 Å². The van der Waals surface area contributed by atoms with Crippen molar-refractivity contribution < 1.29 is 0 Å². The molecule has 1 aromatic rings. The summed E-state index contributed by atoms with van der Waals surface area (Å²) in [5.41, 5.74) is 1.76. The lowest BCUT2D eigenvalue weighted by molar-refractivity contribution is 0.284. The van der Waals surface area contributed by atoms with Crippen molar-refractivity contribution in [2.75, 3.05) is 6.54 Å².